The summed E-state index contributed by atoms with van der Waals surface area (Å²) in [6.45, 7) is 1.77. The highest BCUT2D eigenvalue weighted by Crippen LogP contribution is 2.31. The smallest absolute Gasteiger partial charge is 0.294 e. The van der Waals surface area contributed by atoms with Gasteiger partial charge in [-0.2, -0.15) is 0 Å². The van der Waals surface area contributed by atoms with Crippen LogP contribution >= 0.6 is 23.4 Å². The molecule has 3 aromatic rings. The van der Waals surface area contributed by atoms with E-state index in [1.165, 1.54) is 22.9 Å². The molecular weight excluding hydrogens is 473 g/mol. The number of benzene rings is 2. The molecule has 0 unspecified atom stereocenters. The molecule has 4 rings (SSSR count). The van der Waals surface area contributed by atoms with Crippen LogP contribution in [0.5, 0.6) is 0 Å². The molecule has 2 N–H and O–H groups in total. The van der Waals surface area contributed by atoms with Crippen LogP contribution in [0.1, 0.15) is 0 Å². The van der Waals surface area contributed by atoms with Crippen molar-refractivity contribution in [2.75, 3.05) is 42.7 Å². The molecule has 1 saturated heterocycles. The first-order valence-electron chi connectivity index (χ1n) is 9.89. The largest absolute Gasteiger partial charge is 0.362 e. The molecule has 1 aliphatic rings. The molecule has 1 aliphatic heterocycles. The van der Waals surface area contributed by atoms with Crippen molar-refractivity contribution in [2.24, 2.45) is 0 Å². The highest BCUT2D eigenvalue weighted by atomic mass is 35.5. The Kier molecular flexibility index (Phi) is 6.65. The topological polar surface area (TPSA) is 123 Å². The summed E-state index contributed by atoms with van der Waals surface area (Å²) in [6.07, 6.45) is 0. The van der Waals surface area contributed by atoms with Gasteiger partial charge in [0.25, 0.3) is 5.69 Å². The zero-order valence-electron chi connectivity index (χ0n) is 17.2. The Balaban J connectivity index is 1.34. The maximum Gasteiger partial charge on any atom is 0.294 e. The third-order valence-electron chi connectivity index (χ3n) is 5.20. The molecule has 10 nitrogen and oxygen atoms in total. The van der Waals surface area contributed by atoms with Crippen LogP contribution < -0.4 is 10.7 Å². The standard InChI is InChI=1S/C20H19ClFN7O3S/c21-14-3-6-16(17(11-14)29(31)32)26-7-9-27(10-8-26)18(30)12-33-20-25-24-19(28(20)23)13-1-4-15(22)5-2-13/h1-6,11H,7-10,12,23H2. The van der Waals surface area contributed by atoms with Crippen LogP contribution in [0.15, 0.2) is 47.6 Å². The van der Waals surface area contributed by atoms with Gasteiger partial charge in [-0.3, -0.25) is 14.9 Å². The number of nitrogens with zero attached hydrogens (tertiary/aromatic N) is 6. The van der Waals surface area contributed by atoms with Crippen molar-refractivity contribution in [1.82, 2.24) is 19.8 Å². The first-order chi connectivity index (χ1) is 15.8. The molecule has 0 radical (unpaired) electrons. The maximum absolute atomic E-state index is 13.1. The number of hydrogen-bond acceptors (Lipinski definition) is 8. The lowest BCUT2D eigenvalue weighted by Crippen LogP contribution is -2.49. The quantitative estimate of drug-likeness (QED) is 0.241. The van der Waals surface area contributed by atoms with Gasteiger partial charge in [-0.25, -0.2) is 9.07 Å². The van der Waals surface area contributed by atoms with E-state index in [9.17, 15) is 19.3 Å². The molecule has 2 heterocycles. The van der Waals surface area contributed by atoms with Crippen molar-refractivity contribution in [3.8, 4) is 11.4 Å². The van der Waals surface area contributed by atoms with E-state index in [0.717, 1.165) is 11.8 Å². The van der Waals surface area contributed by atoms with Gasteiger partial charge in [0.15, 0.2) is 5.82 Å². The molecule has 13 heteroatoms. The molecule has 1 amide bonds. The van der Waals surface area contributed by atoms with Gasteiger partial charge in [0, 0.05) is 42.8 Å². The van der Waals surface area contributed by atoms with E-state index in [1.807, 2.05) is 4.90 Å². The summed E-state index contributed by atoms with van der Waals surface area (Å²) in [5.74, 6) is 6.06. The van der Waals surface area contributed by atoms with E-state index >= 15 is 0 Å². The lowest BCUT2D eigenvalue weighted by molar-refractivity contribution is -0.384. The maximum atomic E-state index is 13.1. The van der Waals surface area contributed by atoms with Crippen molar-refractivity contribution in [3.63, 3.8) is 0 Å². The van der Waals surface area contributed by atoms with Crippen LogP contribution in [0.2, 0.25) is 5.02 Å². The van der Waals surface area contributed by atoms with Crippen molar-refractivity contribution in [1.29, 1.82) is 0 Å². The lowest BCUT2D eigenvalue weighted by Gasteiger charge is -2.35. The van der Waals surface area contributed by atoms with Crippen LogP contribution in [-0.4, -0.2) is 62.5 Å². The Morgan fingerprint density at radius 1 is 1.15 bits per heavy atom. The highest BCUT2D eigenvalue weighted by molar-refractivity contribution is 7.99. The fraction of sp³-hybridized carbons (Fsp3) is 0.250. The predicted molar refractivity (Wildman–Crippen MR) is 123 cm³/mol. The van der Waals surface area contributed by atoms with Gasteiger partial charge in [-0.05, 0) is 36.4 Å². The second-order valence-corrected chi connectivity index (χ2v) is 8.61. The van der Waals surface area contributed by atoms with Crippen molar-refractivity contribution in [2.45, 2.75) is 5.16 Å². The number of anilines is 1. The van der Waals surface area contributed by atoms with Crippen molar-refractivity contribution >= 4 is 40.6 Å². The van der Waals surface area contributed by atoms with E-state index in [0.29, 0.717) is 53.4 Å². The van der Waals surface area contributed by atoms with Gasteiger partial charge in [0.05, 0.1) is 10.7 Å². The molecule has 0 atom stereocenters. The summed E-state index contributed by atoms with van der Waals surface area (Å²) in [6, 6.07) is 10.3. The summed E-state index contributed by atoms with van der Waals surface area (Å²) >= 11 is 7.04. The minimum absolute atomic E-state index is 0.0583. The number of hydrogen-bond donors (Lipinski definition) is 1. The fourth-order valence-electron chi connectivity index (χ4n) is 3.50. The van der Waals surface area contributed by atoms with Crippen LogP contribution in [-0.2, 0) is 4.79 Å². The number of nitrogen functional groups attached to an aromatic ring is 1. The van der Waals surface area contributed by atoms with Crippen LogP contribution in [0.4, 0.5) is 15.8 Å². The first-order valence-corrected chi connectivity index (χ1v) is 11.3. The zero-order valence-corrected chi connectivity index (χ0v) is 18.8. The predicted octanol–water partition coefficient (Wildman–Crippen LogP) is 2.80. The van der Waals surface area contributed by atoms with E-state index in [4.69, 9.17) is 17.4 Å². The number of nitro benzene ring substituents is 1. The van der Waals surface area contributed by atoms with Crippen molar-refractivity contribution < 1.29 is 14.1 Å². The Morgan fingerprint density at radius 2 is 1.85 bits per heavy atom. The van der Waals surface area contributed by atoms with Gasteiger partial charge >= 0.3 is 0 Å². The number of carbonyl (C=O) groups is 1. The average molecular weight is 492 g/mol. The molecule has 1 aromatic heterocycles. The average Bonchev–Trinajstić information content (AvgIpc) is 3.18. The number of amides is 1. The number of nitrogens with two attached hydrogens (primary N) is 1. The van der Waals surface area contributed by atoms with Crippen LogP contribution in [0.25, 0.3) is 11.4 Å². The van der Waals surface area contributed by atoms with Crippen LogP contribution in [0, 0.1) is 15.9 Å². The van der Waals surface area contributed by atoms with E-state index in [1.54, 1.807) is 29.2 Å². The number of rotatable bonds is 6. The zero-order chi connectivity index (χ0) is 23.5. The summed E-state index contributed by atoms with van der Waals surface area (Å²) in [5.41, 5.74) is 1.03. The van der Waals surface area contributed by atoms with E-state index < -0.39 is 4.92 Å². The number of carbonyl (C=O) groups excluding carboxylic acids is 1. The Bertz CT molecular complexity index is 1180. The number of piperazine rings is 1. The number of aromatic nitrogens is 3. The molecule has 1 fully saturated rings. The summed E-state index contributed by atoms with van der Waals surface area (Å²) in [7, 11) is 0. The van der Waals surface area contributed by atoms with Gasteiger partial charge in [0.2, 0.25) is 11.1 Å². The highest BCUT2D eigenvalue weighted by Gasteiger charge is 2.26. The van der Waals surface area contributed by atoms with E-state index in [2.05, 4.69) is 10.2 Å². The minimum Gasteiger partial charge on any atom is -0.362 e. The molecule has 2 aromatic carbocycles. The van der Waals surface area contributed by atoms with Gasteiger partial charge in [-0.15, -0.1) is 10.2 Å². The molecular formula is C20H19ClFN7O3S. The molecule has 33 heavy (non-hydrogen) atoms. The Labute approximate surface area is 197 Å². The molecule has 172 valence electrons. The summed E-state index contributed by atoms with van der Waals surface area (Å²) < 4.78 is 14.4. The van der Waals surface area contributed by atoms with Crippen molar-refractivity contribution in [3.05, 3.63) is 63.4 Å². The van der Waals surface area contributed by atoms with Gasteiger partial charge in [-0.1, -0.05) is 23.4 Å². The summed E-state index contributed by atoms with van der Waals surface area (Å²) in [4.78, 5) is 27.1. The minimum atomic E-state index is -0.460. The molecule has 0 spiro atoms. The Hall–Kier alpha value is -3.38. The Morgan fingerprint density at radius 3 is 2.52 bits per heavy atom. The third-order valence-corrected chi connectivity index (χ3v) is 6.36. The second-order valence-electron chi connectivity index (χ2n) is 7.23. The first kappa shape index (κ1) is 22.8. The monoisotopic (exact) mass is 491 g/mol. The molecule has 0 bridgehead atoms. The third kappa shape index (κ3) is 5.01. The fourth-order valence-corrected chi connectivity index (χ4v) is 4.42. The number of halogens is 2. The van der Waals surface area contributed by atoms with E-state index in [-0.39, 0.29) is 23.2 Å². The molecule has 0 aliphatic carbocycles. The molecule has 0 saturated carbocycles. The number of nitro groups is 1. The summed E-state index contributed by atoms with van der Waals surface area (Å²) in [5, 5.41) is 20.1. The second kappa shape index (κ2) is 9.63. The lowest BCUT2D eigenvalue weighted by atomic mass is 10.2. The normalized spacial score (nSPS) is 13.9. The number of thioether (sulfide) groups is 1. The van der Waals surface area contributed by atoms with Gasteiger partial charge in [0.1, 0.15) is 11.5 Å². The van der Waals surface area contributed by atoms with Crippen LogP contribution in [0.3, 0.4) is 0 Å². The SMILES string of the molecule is Nn1c(SCC(=O)N2CCN(c3ccc(Cl)cc3[N+](=O)[O-])CC2)nnc1-c1ccc(F)cc1. The van der Waals surface area contributed by atoms with Gasteiger partial charge < -0.3 is 15.6 Å².